The second-order valence-electron chi connectivity index (χ2n) is 6.64. The molecule has 0 saturated carbocycles. The fraction of sp³-hybridized carbons (Fsp3) is 0.368. The van der Waals surface area contributed by atoms with E-state index < -0.39 is 6.04 Å². The van der Waals surface area contributed by atoms with Crippen molar-refractivity contribution >= 4 is 11.8 Å². The third-order valence-corrected chi connectivity index (χ3v) is 4.83. The van der Waals surface area contributed by atoms with Crippen LogP contribution in [0.2, 0.25) is 0 Å². The molecule has 7 nitrogen and oxygen atoms in total. The standard InChI is InChI=1S/C19H20N4O3/c1-26-14-4-2-12(3-5-14)8-17-20-9-13-10-23(11-16(13)21-17)19(25)15-6-7-18(24)22-15/h2-5,9,15H,6-8,10-11H2,1H3,(H,22,24)/t15-/m1/s1. The number of hydrogen-bond acceptors (Lipinski definition) is 5. The lowest BCUT2D eigenvalue weighted by Gasteiger charge is -2.19. The predicted octanol–water partition coefficient (Wildman–Crippen LogP) is 1.20. The quantitative estimate of drug-likeness (QED) is 0.894. The normalized spacial score (nSPS) is 18.6. The van der Waals surface area contributed by atoms with Crippen molar-refractivity contribution in [3.8, 4) is 5.75 Å². The van der Waals surface area contributed by atoms with Gasteiger partial charge in [0.2, 0.25) is 11.8 Å². The number of amides is 2. The Kier molecular flexibility index (Phi) is 4.28. The molecule has 0 radical (unpaired) electrons. The minimum absolute atomic E-state index is 0.0365. The monoisotopic (exact) mass is 352 g/mol. The van der Waals surface area contributed by atoms with Crippen LogP contribution in [0.25, 0.3) is 0 Å². The number of rotatable bonds is 4. The molecule has 1 fully saturated rings. The lowest BCUT2D eigenvalue weighted by atomic mass is 10.1. The summed E-state index contributed by atoms with van der Waals surface area (Å²) >= 11 is 0. The van der Waals surface area contributed by atoms with Gasteiger partial charge in [-0.1, -0.05) is 12.1 Å². The van der Waals surface area contributed by atoms with Crippen molar-refractivity contribution in [2.24, 2.45) is 0 Å². The highest BCUT2D eigenvalue weighted by Gasteiger charge is 2.34. The summed E-state index contributed by atoms with van der Waals surface area (Å²) in [5, 5.41) is 2.73. The molecule has 7 heteroatoms. The molecule has 2 aliphatic rings. The number of carbonyl (C=O) groups excluding carboxylic acids is 2. The van der Waals surface area contributed by atoms with E-state index >= 15 is 0 Å². The second kappa shape index (κ2) is 6.74. The lowest BCUT2D eigenvalue weighted by Crippen LogP contribution is -2.42. The molecular weight excluding hydrogens is 332 g/mol. The molecule has 26 heavy (non-hydrogen) atoms. The summed E-state index contributed by atoms with van der Waals surface area (Å²) in [6.45, 7) is 0.974. The maximum atomic E-state index is 12.5. The van der Waals surface area contributed by atoms with E-state index in [1.165, 1.54) is 0 Å². The molecule has 1 aromatic carbocycles. The number of nitrogens with one attached hydrogen (secondary N) is 1. The third kappa shape index (κ3) is 3.24. The molecule has 2 aliphatic heterocycles. The fourth-order valence-corrected chi connectivity index (χ4v) is 3.38. The molecule has 2 aromatic rings. The largest absolute Gasteiger partial charge is 0.497 e. The first-order valence-electron chi connectivity index (χ1n) is 8.67. The van der Waals surface area contributed by atoms with Crippen molar-refractivity contribution in [1.82, 2.24) is 20.2 Å². The summed E-state index contributed by atoms with van der Waals surface area (Å²) in [6.07, 6.45) is 3.42. The molecule has 3 heterocycles. The molecule has 0 bridgehead atoms. The van der Waals surface area contributed by atoms with Crippen LogP contribution in [0.3, 0.4) is 0 Å². The third-order valence-electron chi connectivity index (χ3n) is 4.83. The average molecular weight is 352 g/mol. The first kappa shape index (κ1) is 16.5. The Morgan fingerprint density at radius 3 is 2.81 bits per heavy atom. The van der Waals surface area contributed by atoms with Crippen molar-refractivity contribution in [2.45, 2.75) is 38.4 Å². The van der Waals surface area contributed by atoms with E-state index in [9.17, 15) is 9.59 Å². The number of fused-ring (bicyclic) bond motifs is 1. The number of aromatic nitrogens is 2. The SMILES string of the molecule is COc1ccc(Cc2ncc3c(n2)CN(C(=O)[C@H]2CCC(=O)N2)C3)cc1. The Hall–Kier alpha value is -2.96. The van der Waals surface area contributed by atoms with E-state index in [2.05, 4.69) is 15.3 Å². The number of benzene rings is 1. The number of ether oxygens (including phenoxy) is 1. The summed E-state index contributed by atoms with van der Waals surface area (Å²) in [4.78, 5) is 34.7. The zero-order chi connectivity index (χ0) is 18.1. The zero-order valence-corrected chi connectivity index (χ0v) is 14.6. The predicted molar refractivity (Wildman–Crippen MR) is 93.3 cm³/mol. The maximum absolute atomic E-state index is 12.5. The first-order valence-corrected chi connectivity index (χ1v) is 8.67. The number of methoxy groups -OCH3 is 1. The van der Waals surface area contributed by atoms with Crippen LogP contribution in [0.1, 0.15) is 35.5 Å². The molecular formula is C19H20N4O3. The number of carbonyl (C=O) groups is 2. The van der Waals surface area contributed by atoms with Crippen LogP contribution in [-0.2, 0) is 29.1 Å². The number of hydrogen-bond donors (Lipinski definition) is 1. The van der Waals surface area contributed by atoms with E-state index in [-0.39, 0.29) is 11.8 Å². The zero-order valence-electron chi connectivity index (χ0n) is 14.6. The van der Waals surface area contributed by atoms with Gasteiger partial charge in [0, 0.05) is 31.1 Å². The first-order chi connectivity index (χ1) is 12.6. The van der Waals surface area contributed by atoms with Gasteiger partial charge in [-0.3, -0.25) is 9.59 Å². The van der Waals surface area contributed by atoms with Crippen LogP contribution < -0.4 is 10.1 Å². The maximum Gasteiger partial charge on any atom is 0.245 e. The topological polar surface area (TPSA) is 84.4 Å². The van der Waals surface area contributed by atoms with E-state index in [0.29, 0.717) is 32.4 Å². The van der Waals surface area contributed by atoms with Crippen LogP contribution in [0.4, 0.5) is 0 Å². The van der Waals surface area contributed by atoms with Gasteiger partial charge in [0.05, 0.1) is 19.3 Å². The van der Waals surface area contributed by atoms with Gasteiger partial charge < -0.3 is 15.0 Å². The summed E-state index contributed by atoms with van der Waals surface area (Å²) in [6, 6.07) is 7.42. The number of nitrogens with zero attached hydrogens (tertiary/aromatic N) is 3. The van der Waals surface area contributed by atoms with Gasteiger partial charge in [-0.25, -0.2) is 9.97 Å². The molecule has 4 rings (SSSR count). The highest BCUT2D eigenvalue weighted by Crippen LogP contribution is 2.23. The van der Waals surface area contributed by atoms with Crippen molar-refractivity contribution in [3.63, 3.8) is 0 Å². The average Bonchev–Trinajstić information content (AvgIpc) is 3.27. The van der Waals surface area contributed by atoms with Crippen LogP contribution >= 0.6 is 0 Å². The van der Waals surface area contributed by atoms with Gasteiger partial charge in [-0.2, -0.15) is 0 Å². The van der Waals surface area contributed by atoms with Gasteiger partial charge in [-0.15, -0.1) is 0 Å². The van der Waals surface area contributed by atoms with Crippen molar-refractivity contribution < 1.29 is 14.3 Å². The fourth-order valence-electron chi connectivity index (χ4n) is 3.38. The van der Waals surface area contributed by atoms with Gasteiger partial charge in [0.1, 0.15) is 17.6 Å². The van der Waals surface area contributed by atoms with Gasteiger partial charge in [0.25, 0.3) is 0 Å². The van der Waals surface area contributed by atoms with Crippen molar-refractivity contribution in [2.75, 3.05) is 7.11 Å². The molecule has 2 amide bonds. The van der Waals surface area contributed by atoms with E-state index in [4.69, 9.17) is 4.74 Å². The van der Waals surface area contributed by atoms with Crippen LogP contribution in [-0.4, -0.2) is 39.8 Å². The molecule has 1 saturated heterocycles. The van der Waals surface area contributed by atoms with Gasteiger partial charge >= 0.3 is 0 Å². The minimum atomic E-state index is -0.399. The summed E-state index contributed by atoms with van der Waals surface area (Å²) in [7, 11) is 1.64. The lowest BCUT2D eigenvalue weighted by molar-refractivity contribution is -0.134. The summed E-state index contributed by atoms with van der Waals surface area (Å²) in [5.41, 5.74) is 2.97. The second-order valence-corrected chi connectivity index (χ2v) is 6.64. The highest BCUT2D eigenvalue weighted by atomic mass is 16.5. The van der Waals surface area contributed by atoms with Crippen LogP contribution in [0.15, 0.2) is 30.5 Å². The Morgan fingerprint density at radius 1 is 1.31 bits per heavy atom. The molecule has 0 spiro atoms. The summed E-state index contributed by atoms with van der Waals surface area (Å²) < 4.78 is 5.17. The highest BCUT2D eigenvalue weighted by molar-refractivity contribution is 5.91. The van der Waals surface area contributed by atoms with Crippen LogP contribution in [0, 0.1) is 0 Å². The smallest absolute Gasteiger partial charge is 0.245 e. The Bertz CT molecular complexity index is 850. The van der Waals surface area contributed by atoms with E-state index in [1.54, 1.807) is 12.0 Å². The molecule has 134 valence electrons. The molecule has 1 N–H and O–H groups in total. The Balaban J connectivity index is 1.44. The minimum Gasteiger partial charge on any atom is -0.497 e. The molecule has 1 atom stereocenters. The van der Waals surface area contributed by atoms with Crippen molar-refractivity contribution in [3.05, 3.63) is 53.1 Å². The van der Waals surface area contributed by atoms with Gasteiger partial charge in [0.15, 0.2) is 0 Å². The van der Waals surface area contributed by atoms with Crippen molar-refractivity contribution in [1.29, 1.82) is 0 Å². The van der Waals surface area contributed by atoms with Crippen LogP contribution in [0.5, 0.6) is 5.75 Å². The Morgan fingerprint density at radius 2 is 2.12 bits per heavy atom. The van der Waals surface area contributed by atoms with E-state index in [0.717, 1.165) is 28.4 Å². The molecule has 1 aromatic heterocycles. The molecule has 0 unspecified atom stereocenters. The molecule has 0 aliphatic carbocycles. The van der Waals surface area contributed by atoms with Gasteiger partial charge in [-0.05, 0) is 24.1 Å². The van der Waals surface area contributed by atoms with E-state index in [1.807, 2.05) is 30.5 Å². The Labute approximate surface area is 151 Å². The summed E-state index contributed by atoms with van der Waals surface area (Å²) in [5.74, 6) is 1.46.